The lowest BCUT2D eigenvalue weighted by molar-refractivity contribution is -0.147. The van der Waals surface area contributed by atoms with Crippen LogP contribution in [0.3, 0.4) is 0 Å². The maximum atomic E-state index is 13.5. The summed E-state index contributed by atoms with van der Waals surface area (Å²) in [6, 6.07) is 1.43. The van der Waals surface area contributed by atoms with E-state index in [0.29, 0.717) is 6.07 Å². The normalized spacial score (nSPS) is 18.8. The van der Waals surface area contributed by atoms with Gasteiger partial charge in [-0.3, -0.25) is 9.69 Å². The fourth-order valence-electron chi connectivity index (χ4n) is 1.88. The molecule has 1 heterocycles. The van der Waals surface area contributed by atoms with Crippen LogP contribution in [0, 0.1) is 11.6 Å². The molecule has 92 valence electrons. The number of alkyl halides is 1. The third kappa shape index (κ3) is 2.26. The fourth-order valence-corrected chi connectivity index (χ4v) is 1.88. The Morgan fingerprint density at radius 1 is 1.41 bits per heavy atom. The highest BCUT2D eigenvalue weighted by Gasteiger charge is 2.38. The van der Waals surface area contributed by atoms with Gasteiger partial charge in [-0.2, -0.15) is 0 Å². The molecule has 0 spiro atoms. The molecule has 3 nitrogen and oxygen atoms in total. The largest absolute Gasteiger partial charge is 0.480 e. The molecule has 0 aromatic heterocycles. The fraction of sp³-hybridized carbons (Fsp3) is 0.364. The molecule has 1 fully saturated rings. The monoisotopic (exact) mass is 245 g/mol. The van der Waals surface area contributed by atoms with E-state index in [0.717, 1.165) is 12.1 Å². The molecule has 1 aromatic carbocycles. The standard InChI is InChI=1S/C11H10F3NO2/c12-6-1-2-8(9(14)3-6)10(11(16)17)15-4-7(13)5-15/h1-3,7,10H,4-5H2,(H,16,17). The first-order valence-corrected chi connectivity index (χ1v) is 5.05. The highest BCUT2D eigenvalue weighted by Crippen LogP contribution is 2.29. The summed E-state index contributed by atoms with van der Waals surface area (Å²) >= 11 is 0. The predicted octanol–water partition coefficient (Wildman–Crippen LogP) is 1.74. The quantitative estimate of drug-likeness (QED) is 0.881. The minimum atomic E-state index is -1.28. The van der Waals surface area contributed by atoms with Crippen LogP contribution in [0.25, 0.3) is 0 Å². The third-order valence-corrected chi connectivity index (χ3v) is 2.72. The minimum absolute atomic E-state index is 0.0478. The van der Waals surface area contributed by atoms with Crippen molar-refractivity contribution in [1.29, 1.82) is 0 Å². The van der Waals surface area contributed by atoms with Gasteiger partial charge in [-0.05, 0) is 6.07 Å². The molecule has 1 saturated heterocycles. The van der Waals surface area contributed by atoms with Crippen LogP contribution >= 0.6 is 0 Å². The molecular formula is C11H10F3NO2. The van der Waals surface area contributed by atoms with E-state index < -0.39 is 29.8 Å². The second-order valence-corrected chi connectivity index (χ2v) is 3.96. The predicted molar refractivity (Wildman–Crippen MR) is 53.2 cm³/mol. The van der Waals surface area contributed by atoms with Crippen LogP contribution in [0.2, 0.25) is 0 Å². The molecule has 1 aliphatic rings. The number of hydrogen-bond donors (Lipinski definition) is 1. The van der Waals surface area contributed by atoms with Gasteiger partial charge in [0.2, 0.25) is 0 Å². The van der Waals surface area contributed by atoms with E-state index in [4.69, 9.17) is 5.11 Å². The zero-order chi connectivity index (χ0) is 12.6. The van der Waals surface area contributed by atoms with Gasteiger partial charge in [0.25, 0.3) is 0 Å². The van der Waals surface area contributed by atoms with E-state index in [-0.39, 0.29) is 18.7 Å². The number of likely N-dealkylation sites (tertiary alicyclic amines) is 1. The Balaban J connectivity index is 2.30. The molecule has 1 N–H and O–H groups in total. The molecule has 1 aliphatic heterocycles. The second-order valence-electron chi connectivity index (χ2n) is 3.96. The summed E-state index contributed by atoms with van der Waals surface area (Å²) in [5.41, 5.74) is -0.147. The molecule has 17 heavy (non-hydrogen) atoms. The van der Waals surface area contributed by atoms with E-state index in [1.807, 2.05) is 0 Å². The maximum Gasteiger partial charge on any atom is 0.325 e. The number of aliphatic carboxylic acids is 1. The van der Waals surface area contributed by atoms with E-state index in [9.17, 15) is 18.0 Å². The zero-order valence-corrected chi connectivity index (χ0v) is 8.74. The summed E-state index contributed by atoms with van der Waals surface area (Å²) in [5, 5.41) is 9.02. The van der Waals surface area contributed by atoms with Crippen molar-refractivity contribution in [3.8, 4) is 0 Å². The number of hydrogen-bond acceptors (Lipinski definition) is 2. The molecular weight excluding hydrogens is 235 g/mol. The van der Waals surface area contributed by atoms with Gasteiger partial charge in [0.05, 0.1) is 0 Å². The van der Waals surface area contributed by atoms with Crippen LogP contribution in [0.4, 0.5) is 13.2 Å². The van der Waals surface area contributed by atoms with Crippen LogP contribution in [0.15, 0.2) is 18.2 Å². The Bertz CT molecular complexity index is 446. The number of carboxylic acids is 1. The van der Waals surface area contributed by atoms with Gasteiger partial charge >= 0.3 is 5.97 Å². The number of halogens is 3. The molecule has 1 aromatic rings. The molecule has 1 atom stereocenters. The average molecular weight is 245 g/mol. The van der Waals surface area contributed by atoms with E-state index in [2.05, 4.69) is 0 Å². The number of rotatable bonds is 3. The van der Waals surface area contributed by atoms with E-state index in [1.54, 1.807) is 0 Å². The lowest BCUT2D eigenvalue weighted by Gasteiger charge is -2.38. The molecule has 2 rings (SSSR count). The molecule has 0 amide bonds. The Kier molecular flexibility index (Phi) is 3.06. The zero-order valence-electron chi connectivity index (χ0n) is 8.74. The van der Waals surface area contributed by atoms with Gasteiger partial charge in [0.1, 0.15) is 23.8 Å². The molecule has 0 saturated carbocycles. The first-order chi connectivity index (χ1) is 7.99. The van der Waals surface area contributed by atoms with E-state index >= 15 is 0 Å². The van der Waals surface area contributed by atoms with Crippen LogP contribution in [-0.2, 0) is 4.79 Å². The lowest BCUT2D eigenvalue weighted by Crippen LogP contribution is -2.52. The van der Waals surface area contributed by atoms with Crippen molar-refractivity contribution >= 4 is 5.97 Å². The number of benzene rings is 1. The topological polar surface area (TPSA) is 40.5 Å². The van der Waals surface area contributed by atoms with Crippen molar-refractivity contribution in [2.24, 2.45) is 0 Å². The Morgan fingerprint density at radius 2 is 2.06 bits per heavy atom. The molecule has 0 radical (unpaired) electrons. The Labute approximate surface area is 95.5 Å². The highest BCUT2D eigenvalue weighted by molar-refractivity contribution is 5.75. The van der Waals surface area contributed by atoms with Crippen molar-refractivity contribution in [2.45, 2.75) is 12.2 Å². The smallest absolute Gasteiger partial charge is 0.325 e. The summed E-state index contributed by atoms with van der Waals surface area (Å²) in [4.78, 5) is 12.3. The van der Waals surface area contributed by atoms with Gasteiger partial charge in [0, 0.05) is 24.7 Å². The van der Waals surface area contributed by atoms with Crippen molar-refractivity contribution in [1.82, 2.24) is 4.90 Å². The summed E-state index contributed by atoms with van der Waals surface area (Å²) in [7, 11) is 0. The average Bonchev–Trinajstić information content (AvgIpc) is 2.18. The first-order valence-electron chi connectivity index (χ1n) is 5.05. The van der Waals surface area contributed by atoms with Crippen molar-refractivity contribution in [3.63, 3.8) is 0 Å². The SMILES string of the molecule is O=C(O)C(c1ccc(F)cc1F)N1CC(F)C1. The maximum absolute atomic E-state index is 13.5. The van der Waals surface area contributed by atoms with Gasteiger partial charge in [-0.15, -0.1) is 0 Å². The van der Waals surface area contributed by atoms with Crippen LogP contribution < -0.4 is 0 Å². The van der Waals surface area contributed by atoms with Crippen LogP contribution in [0.1, 0.15) is 11.6 Å². The molecule has 1 unspecified atom stereocenters. The summed E-state index contributed by atoms with van der Waals surface area (Å²) in [6.45, 7) is -0.0957. The third-order valence-electron chi connectivity index (χ3n) is 2.72. The lowest BCUT2D eigenvalue weighted by atomic mass is 10.0. The highest BCUT2D eigenvalue weighted by atomic mass is 19.1. The van der Waals surface area contributed by atoms with Gasteiger partial charge in [0.15, 0.2) is 0 Å². The van der Waals surface area contributed by atoms with Crippen molar-refractivity contribution in [2.75, 3.05) is 13.1 Å². The molecule has 0 bridgehead atoms. The van der Waals surface area contributed by atoms with Crippen LogP contribution in [-0.4, -0.2) is 35.2 Å². The van der Waals surface area contributed by atoms with E-state index in [1.165, 1.54) is 4.90 Å². The Hall–Kier alpha value is -1.56. The number of nitrogens with zero attached hydrogens (tertiary/aromatic N) is 1. The van der Waals surface area contributed by atoms with Crippen LogP contribution in [0.5, 0.6) is 0 Å². The summed E-state index contributed by atoms with van der Waals surface area (Å²) in [6.07, 6.45) is -1.08. The number of carboxylic acid groups (broad SMARTS) is 1. The van der Waals surface area contributed by atoms with Crippen molar-refractivity contribution in [3.05, 3.63) is 35.4 Å². The second kappa shape index (κ2) is 4.37. The number of carbonyl (C=O) groups is 1. The van der Waals surface area contributed by atoms with Crippen molar-refractivity contribution < 1.29 is 23.1 Å². The Morgan fingerprint density at radius 3 is 2.53 bits per heavy atom. The van der Waals surface area contributed by atoms with Gasteiger partial charge < -0.3 is 5.11 Å². The first kappa shape index (κ1) is 11.9. The van der Waals surface area contributed by atoms with Gasteiger partial charge in [-0.1, -0.05) is 6.07 Å². The molecule has 0 aliphatic carbocycles. The summed E-state index contributed by atoms with van der Waals surface area (Å²) < 4.78 is 38.8. The summed E-state index contributed by atoms with van der Waals surface area (Å²) in [5.74, 6) is -2.98. The molecule has 6 heteroatoms. The van der Waals surface area contributed by atoms with Gasteiger partial charge in [-0.25, -0.2) is 13.2 Å². The minimum Gasteiger partial charge on any atom is -0.480 e.